The number of carbonyl (C=O) groups excluding carboxylic acids is 3. The molecule has 1 aromatic carbocycles. The van der Waals surface area contributed by atoms with Gasteiger partial charge in [-0.3, -0.25) is 9.59 Å². The average Bonchev–Trinajstić information content (AvgIpc) is 2.99. The van der Waals surface area contributed by atoms with Crippen LogP contribution in [-0.4, -0.2) is 72.2 Å². The zero-order valence-electron chi connectivity index (χ0n) is 16.3. The van der Waals surface area contributed by atoms with E-state index in [4.69, 9.17) is 0 Å². The smallest absolute Gasteiger partial charge is 0.319 e. The highest BCUT2D eigenvalue weighted by Crippen LogP contribution is 2.29. The summed E-state index contributed by atoms with van der Waals surface area (Å²) >= 11 is 0. The summed E-state index contributed by atoms with van der Waals surface area (Å²) in [5, 5.41) is 0. The van der Waals surface area contributed by atoms with E-state index < -0.39 is 0 Å². The lowest BCUT2D eigenvalue weighted by Gasteiger charge is -2.36. The Balaban J connectivity index is 1.53. The molecule has 3 aliphatic heterocycles. The molecule has 0 saturated carbocycles. The molecule has 0 radical (unpaired) electrons. The van der Waals surface area contributed by atoms with Gasteiger partial charge in [0.25, 0.3) is 0 Å². The molecule has 2 atom stereocenters. The normalized spacial score (nSPS) is 21.7. The molecule has 0 spiro atoms. The predicted molar refractivity (Wildman–Crippen MR) is 104 cm³/mol. The van der Waals surface area contributed by atoms with Crippen molar-refractivity contribution in [1.29, 1.82) is 0 Å². The number of hydrogen-bond acceptors (Lipinski definition) is 3. The standard InChI is InChI=1S/C21H29N3O3/c1-22(2)21(27)23-13-16-11-12-18(15-23)24(14-16)20(26)10-6-9-19(25)17-7-4-3-5-8-17/h3-5,7-8,16,18H,6,9-15H2,1-2H3/t16-,18+/m1/s1. The quantitative estimate of drug-likeness (QED) is 0.748. The highest BCUT2D eigenvalue weighted by molar-refractivity contribution is 5.96. The van der Waals surface area contributed by atoms with Crippen molar-refractivity contribution < 1.29 is 14.4 Å². The summed E-state index contributed by atoms with van der Waals surface area (Å²) < 4.78 is 0. The highest BCUT2D eigenvalue weighted by Gasteiger charge is 2.38. The number of hydrogen-bond donors (Lipinski definition) is 0. The Morgan fingerprint density at radius 2 is 1.74 bits per heavy atom. The number of nitrogens with zero attached hydrogens (tertiary/aromatic N) is 3. The Bertz CT molecular complexity index is 689. The second kappa shape index (κ2) is 8.55. The topological polar surface area (TPSA) is 60.9 Å². The van der Waals surface area contributed by atoms with E-state index in [-0.39, 0.29) is 23.8 Å². The van der Waals surface area contributed by atoms with Gasteiger partial charge in [0.15, 0.2) is 5.78 Å². The summed E-state index contributed by atoms with van der Waals surface area (Å²) in [6.45, 7) is 2.07. The van der Waals surface area contributed by atoms with Gasteiger partial charge in [0.2, 0.25) is 5.91 Å². The van der Waals surface area contributed by atoms with Crippen LogP contribution in [0, 0.1) is 5.92 Å². The van der Waals surface area contributed by atoms with Gasteiger partial charge in [-0.2, -0.15) is 0 Å². The van der Waals surface area contributed by atoms with Crippen LogP contribution in [0.15, 0.2) is 30.3 Å². The molecule has 3 heterocycles. The van der Waals surface area contributed by atoms with Crippen molar-refractivity contribution in [2.24, 2.45) is 5.92 Å². The molecule has 27 heavy (non-hydrogen) atoms. The van der Waals surface area contributed by atoms with Crippen molar-refractivity contribution in [3.8, 4) is 0 Å². The Morgan fingerprint density at radius 3 is 2.44 bits per heavy atom. The first-order valence-corrected chi connectivity index (χ1v) is 9.79. The summed E-state index contributed by atoms with van der Waals surface area (Å²) in [7, 11) is 3.53. The van der Waals surface area contributed by atoms with E-state index >= 15 is 0 Å². The van der Waals surface area contributed by atoms with Crippen LogP contribution in [0.25, 0.3) is 0 Å². The van der Waals surface area contributed by atoms with Crippen molar-refractivity contribution >= 4 is 17.7 Å². The first kappa shape index (κ1) is 19.4. The van der Waals surface area contributed by atoms with Crippen LogP contribution >= 0.6 is 0 Å². The average molecular weight is 371 g/mol. The van der Waals surface area contributed by atoms with E-state index in [0.29, 0.717) is 37.3 Å². The van der Waals surface area contributed by atoms with Gasteiger partial charge in [-0.15, -0.1) is 0 Å². The van der Waals surface area contributed by atoms with Gasteiger partial charge in [-0.25, -0.2) is 4.79 Å². The third kappa shape index (κ3) is 4.67. The first-order valence-electron chi connectivity index (χ1n) is 9.79. The van der Waals surface area contributed by atoms with Gasteiger partial charge in [0.1, 0.15) is 0 Å². The van der Waals surface area contributed by atoms with Crippen LogP contribution in [0.2, 0.25) is 0 Å². The summed E-state index contributed by atoms with van der Waals surface area (Å²) in [6.07, 6.45) is 3.38. The lowest BCUT2D eigenvalue weighted by atomic mass is 9.94. The molecule has 6 heteroatoms. The number of benzene rings is 1. The minimum atomic E-state index is 0.0228. The number of carbonyl (C=O) groups is 3. The molecule has 6 nitrogen and oxygen atoms in total. The van der Waals surface area contributed by atoms with Crippen molar-refractivity contribution in [3.05, 3.63) is 35.9 Å². The largest absolute Gasteiger partial charge is 0.338 e. The Kier molecular flexibility index (Phi) is 6.14. The molecular weight excluding hydrogens is 342 g/mol. The number of amides is 3. The monoisotopic (exact) mass is 371 g/mol. The molecule has 0 unspecified atom stereocenters. The SMILES string of the molecule is CN(C)C(=O)N1C[C@H]2CC[C@@H](C1)N(C(=O)CCCC(=O)c1ccccc1)C2. The Morgan fingerprint density at radius 1 is 1.00 bits per heavy atom. The van der Waals surface area contributed by atoms with Crippen LogP contribution in [0.5, 0.6) is 0 Å². The number of urea groups is 1. The highest BCUT2D eigenvalue weighted by atomic mass is 16.2. The van der Waals surface area contributed by atoms with E-state index in [1.165, 1.54) is 0 Å². The number of rotatable bonds is 5. The van der Waals surface area contributed by atoms with Gasteiger partial charge >= 0.3 is 6.03 Å². The minimum Gasteiger partial charge on any atom is -0.338 e. The summed E-state index contributed by atoms with van der Waals surface area (Å²) in [6, 6.07) is 9.35. The molecule has 1 aromatic rings. The zero-order valence-corrected chi connectivity index (χ0v) is 16.3. The molecule has 0 aromatic heterocycles. The van der Waals surface area contributed by atoms with E-state index in [1.54, 1.807) is 19.0 Å². The molecule has 3 amide bonds. The minimum absolute atomic E-state index is 0.0228. The Hall–Kier alpha value is -2.37. The van der Waals surface area contributed by atoms with Crippen LogP contribution in [0.1, 0.15) is 42.5 Å². The van der Waals surface area contributed by atoms with Gasteiger partial charge < -0.3 is 14.7 Å². The molecule has 146 valence electrons. The molecule has 4 rings (SSSR count). The molecule has 3 aliphatic rings. The lowest BCUT2D eigenvalue weighted by Crippen LogP contribution is -2.48. The van der Waals surface area contributed by atoms with Crippen LogP contribution < -0.4 is 0 Å². The van der Waals surface area contributed by atoms with Gasteiger partial charge in [0, 0.05) is 58.2 Å². The molecule has 0 N–H and O–H groups in total. The zero-order chi connectivity index (χ0) is 19.4. The van der Waals surface area contributed by atoms with E-state index in [1.807, 2.05) is 40.1 Å². The van der Waals surface area contributed by atoms with Crippen molar-refractivity contribution in [2.75, 3.05) is 33.7 Å². The fourth-order valence-electron chi connectivity index (χ4n) is 4.14. The van der Waals surface area contributed by atoms with Gasteiger partial charge in [-0.1, -0.05) is 30.3 Å². The number of piperidine rings is 1. The summed E-state index contributed by atoms with van der Waals surface area (Å²) in [4.78, 5) is 42.8. The Labute approximate surface area is 161 Å². The third-order valence-electron chi connectivity index (χ3n) is 5.58. The molecule has 3 saturated heterocycles. The van der Waals surface area contributed by atoms with Gasteiger partial charge in [0.05, 0.1) is 0 Å². The number of fused-ring (bicyclic) bond motifs is 4. The first-order chi connectivity index (χ1) is 13.0. The summed E-state index contributed by atoms with van der Waals surface area (Å²) in [5.74, 6) is 0.552. The summed E-state index contributed by atoms with van der Waals surface area (Å²) in [5.41, 5.74) is 0.705. The maximum Gasteiger partial charge on any atom is 0.319 e. The maximum atomic E-state index is 12.8. The fraction of sp³-hybridized carbons (Fsp3) is 0.571. The van der Waals surface area contributed by atoms with Crippen LogP contribution in [-0.2, 0) is 4.79 Å². The molecule has 3 fully saturated rings. The van der Waals surface area contributed by atoms with Crippen molar-refractivity contribution in [2.45, 2.75) is 38.1 Å². The van der Waals surface area contributed by atoms with E-state index in [0.717, 1.165) is 25.9 Å². The fourth-order valence-corrected chi connectivity index (χ4v) is 4.14. The van der Waals surface area contributed by atoms with Gasteiger partial charge in [-0.05, 0) is 25.2 Å². The van der Waals surface area contributed by atoms with Crippen molar-refractivity contribution in [3.63, 3.8) is 0 Å². The molecular formula is C21H29N3O3. The molecule has 2 bridgehead atoms. The molecule has 0 aliphatic carbocycles. The van der Waals surface area contributed by atoms with Crippen molar-refractivity contribution in [1.82, 2.24) is 14.7 Å². The van der Waals surface area contributed by atoms with Crippen LogP contribution in [0.4, 0.5) is 4.79 Å². The predicted octanol–water partition coefficient (Wildman–Crippen LogP) is 2.64. The third-order valence-corrected chi connectivity index (χ3v) is 5.58. The second-order valence-electron chi connectivity index (χ2n) is 7.87. The van der Waals surface area contributed by atoms with E-state index in [9.17, 15) is 14.4 Å². The second-order valence-corrected chi connectivity index (χ2v) is 7.87. The number of Topliss-reactive ketones (excluding diaryl/α,β-unsaturated/α-hetero) is 1. The maximum absolute atomic E-state index is 12.8. The van der Waals surface area contributed by atoms with E-state index in [2.05, 4.69) is 0 Å². The number of ketones is 1. The lowest BCUT2D eigenvalue weighted by molar-refractivity contribution is -0.135. The van der Waals surface area contributed by atoms with Crippen LogP contribution in [0.3, 0.4) is 0 Å².